The van der Waals surface area contributed by atoms with Gasteiger partial charge in [-0.2, -0.15) is 0 Å². The van der Waals surface area contributed by atoms with Gasteiger partial charge in [-0.25, -0.2) is 8.42 Å². The molecule has 0 spiro atoms. The second-order valence-corrected chi connectivity index (χ2v) is 7.90. The molecule has 0 aliphatic rings. The minimum Gasteiger partial charge on any atom is -0.506 e. The van der Waals surface area contributed by atoms with E-state index in [0.29, 0.717) is 9.90 Å². The Hall–Kier alpha value is -1.24. The molecule has 0 atom stereocenters. The molecule has 2 rings (SSSR count). The van der Waals surface area contributed by atoms with E-state index in [1.807, 2.05) is 6.92 Å². The van der Waals surface area contributed by atoms with Crippen molar-refractivity contribution in [1.29, 1.82) is 0 Å². The predicted molar refractivity (Wildman–Crippen MR) is 82.4 cm³/mol. The highest BCUT2D eigenvalue weighted by Gasteiger charge is 2.20. The molecule has 4 nitrogen and oxygen atoms in total. The Labute approximate surface area is 127 Å². The van der Waals surface area contributed by atoms with Gasteiger partial charge in [0.1, 0.15) is 9.96 Å². The van der Waals surface area contributed by atoms with Crippen LogP contribution in [0.3, 0.4) is 0 Å². The number of hydrogen-bond acceptors (Lipinski definition) is 4. The fourth-order valence-corrected chi connectivity index (χ4v) is 4.42. The second kappa shape index (κ2) is 5.63. The first-order chi connectivity index (χ1) is 9.33. The topological polar surface area (TPSA) is 66.4 Å². The van der Waals surface area contributed by atoms with Crippen LogP contribution in [0.4, 0.5) is 5.69 Å². The third kappa shape index (κ3) is 3.08. The molecule has 1 heterocycles. The van der Waals surface area contributed by atoms with E-state index < -0.39 is 10.0 Å². The number of sulfonamides is 1. The van der Waals surface area contributed by atoms with E-state index >= 15 is 0 Å². The van der Waals surface area contributed by atoms with Crippen molar-refractivity contribution < 1.29 is 13.5 Å². The lowest BCUT2D eigenvalue weighted by Crippen LogP contribution is -2.11. The van der Waals surface area contributed by atoms with E-state index in [4.69, 9.17) is 11.6 Å². The fourth-order valence-electron chi connectivity index (χ4n) is 1.64. The molecule has 2 N–H and O–H groups in total. The predicted octanol–water partition coefficient (Wildman–Crippen LogP) is 3.78. The number of aryl methyl sites for hydroxylation is 2. The summed E-state index contributed by atoms with van der Waals surface area (Å²) in [5.41, 5.74) is 1.82. The van der Waals surface area contributed by atoms with E-state index in [0.717, 1.165) is 23.3 Å². The lowest BCUT2D eigenvalue weighted by atomic mass is 10.1. The molecule has 0 aliphatic heterocycles. The highest BCUT2D eigenvalue weighted by atomic mass is 35.5. The number of nitrogens with one attached hydrogen (secondary N) is 1. The Kier molecular flexibility index (Phi) is 4.27. The highest BCUT2D eigenvalue weighted by molar-refractivity contribution is 7.94. The number of aromatic hydroxyl groups is 1. The summed E-state index contributed by atoms with van der Waals surface area (Å²) in [5, 5.41) is 9.75. The first-order valence-electron chi connectivity index (χ1n) is 5.94. The molecule has 0 saturated heterocycles. The Morgan fingerprint density at radius 2 is 2.05 bits per heavy atom. The number of hydrogen-bond donors (Lipinski definition) is 2. The van der Waals surface area contributed by atoms with Crippen molar-refractivity contribution in [1.82, 2.24) is 0 Å². The Morgan fingerprint density at radius 3 is 2.60 bits per heavy atom. The van der Waals surface area contributed by atoms with Crippen LogP contribution in [0.25, 0.3) is 0 Å². The summed E-state index contributed by atoms with van der Waals surface area (Å²) in [4.78, 5) is 0. The van der Waals surface area contributed by atoms with Crippen LogP contribution in [0.2, 0.25) is 4.34 Å². The molecule has 1 aromatic carbocycles. The van der Waals surface area contributed by atoms with Crippen molar-refractivity contribution in [2.24, 2.45) is 0 Å². The van der Waals surface area contributed by atoms with Gasteiger partial charge < -0.3 is 5.11 Å². The lowest BCUT2D eigenvalue weighted by Gasteiger charge is -2.09. The van der Waals surface area contributed by atoms with Crippen molar-refractivity contribution in [2.75, 3.05) is 4.72 Å². The fraction of sp³-hybridized carbons (Fsp3) is 0.231. The number of phenolic OH excluding ortho intramolecular Hbond substituents is 1. The maximum atomic E-state index is 12.2. The maximum Gasteiger partial charge on any atom is 0.271 e. The van der Waals surface area contributed by atoms with Crippen LogP contribution >= 0.6 is 22.9 Å². The molecule has 0 aliphatic carbocycles. The molecule has 0 amide bonds. The van der Waals surface area contributed by atoms with E-state index in [1.165, 1.54) is 12.1 Å². The van der Waals surface area contributed by atoms with E-state index in [-0.39, 0.29) is 15.6 Å². The zero-order chi connectivity index (χ0) is 14.9. The van der Waals surface area contributed by atoms with Gasteiger partial charge >= 0.3 is 0 Å². The third-order valence-electron chi connectivity index (χ3n) is 2.81. The molecular formula is C13H14ClNO3S2. The molecule has 0 saturated carbocycles. The SMILES string of the molecule is CCc1ccc(O)c(NS(=O)(=O)c2cc(C)c(Cl)s2)c1. The second-order valence-electron chi connectivity index (χ2n) is 4.33. The molecule has 1 aromatic heterocycles. The minimum atomic E-state index is -3.74. The van der Waals surface area contributed by atoms with Crippen LogP contribution in [0.1, 0.15) is 18.1 Å². The smallest absolute Gasteiger partial charge is 0.271 e. The zero-order valence-corrected chi connectivity index (χ0v) is 13.4. The molecule has 7 heteroatoms. The number of halogens is 1. The summed E-state index contributed by atoms with van der Waals surface area (Å²) < 4.78 is 27.5. The number of thiophene rings is 1. The van der Waals surface area contributed by atoms with Crippen LogP contribution in [-0.4, -0.2) is 13.5 Å². The first-order valence-corrected chi connectivity index (χ1v) is 8.62. The molecular weight excluding hydrogens is 318 g/mol. The minimum absolute atomic E-state index is 0.106. The van der Waals surface area contributed by atoms with Crippen molar-refractivity contribution >= 4 is 38.6 Å². The summed E-state index contributed by atoms with van der Waals surface area (Å²) in [5.74, 6) is -0.106. The van der Waals surface area contributed by atoms with Crippen molar-refractivity contribution in [2.45, 2.75) is 24.5 Å². The van der Waals surface area contributed by atoms with Gasteiger partial charge in [0, 0.05) is 0 Å². The van der Waals surface area contributed by atoms with E-state index in [1.54, 1.807) is 19.1 Å². The number of phenols is 1. The monoisotopic (exact) mass is 331 g/mol. The van der Waals surface area contributed by atoms with E-state index in [9.17, 15) is 13.5 Å². The van der Waals surface area contributed by atoms with Crippen LogP contribution < -0.4 is 4.72 Å². The van der Waals surface area contributed by atoms with Crippen LogP contribution in [-0.2, 0) is 16.4 Å². The van der Waals surface area contributed by atoms with Crippen LogP contribution in [0.15, 0.2) is 28.5 Å². The molecule has 20 heavy (non-hydrogen) atoms. The van der Waals surface area contributed by atoms with Crippen molar-refractivity contribution in [3.8, 4) is 5.75 Å². The van der Waals surface area contributed by atoms with Crippen molar-refractivity contribution in [3.05, 3.63) is 39.7 Å². The van der Waals surface area contributed by atoms with Gasteiger partial charge in [0.2, 0.25) is 0 Å². The van der Waals surface area contributed by atoms with E-state index in [2.05, 4.69) is 4.72 Å². The third-order valence-corrected chi connectivity index (χ3v) is 6.21. The Balaban J connectivity index is 2.37. The molecule has 0 bridgehead atoms. The molecule has 0 radical (unpaired) electrons. The quantitative estimate of drug-likeness (QED) is 0.838. The lowest BCUT2D eigenvalue weighted by molar-refractivity contribution is 0.477. The number of anilines is 1. The number of benzene rings is 1. The summed E-state index contributed by atoms with van der Waals surface area (Å²) in [7, 11) is -3.74. The molecule has 108 valence electrons. The van der Waals surface area contributed by atoms with Gasteiger partial charge in [0.05, 0.1) is 10.0 Å². The number of rotatable bonds is 4. The summed E-state index contributed by atoms with van der Waals surface area (Å²) in [6.07, 6.45) is 0.749. The van der Waals surface area contributed by atoms with Gasteiger partial charge in [0.15, 0.2) is 0 Å². The van der Waals surface area contributed by atoms with Gasteiger partial charge in [0.25, 0.3) is 10.0 Å². The van der Waals surface area contributed by atoms with Crippen LogP contribution in [0, 0.1) is 6.92 Å². The van der Waals surface area contributed by atoms with Gasteiger partial charge in [-0.15, -0.1) is 11.3 Å². The maximum absolute atomic E-state index is 12.2. The van der Waals surface area contributed by atoms with Gasteiger partial charge in [-0.1, -0.05) is 24.6 Å². The molecule has 0 fully saturated rings. The Bertz CT molecular complexity index is 719. The largest absolute Gasteiger partial charge is 0.506 e. The summed E-state index contributed by atoms with van der Waals surface area (Å²) >= 11 is 6.88. The standard InChI is InChI=1S/C13H14ClNO3S2/c1-3-9-4-5-11(16)10(7-9)15-20(17,18)12-6-8(2)13(14)19-12/h4-7,15-16H,3H2,1-2H3. The highest BCUT2D eigenvalue weighted by Crippen LogP contribution is 2.33. The van der Waals surface area contributed by atoms with Crippen LogP contribution in [0.5, 0.6) is 5.75 Å². The average Bonchev–Trinajstić information content (AvgIpc) is 2.73. The summed E-state index contributed by atoms with van der Waals surface area (Å²) in [6, 6.07) is 6.35. The average molecular weight is 332 g/mol. The molecule has 0 unspecified atom stereocenters. The normalized spacial score (nSPS) is 11.6. The Morgan fingerprint density at radius 1 is 1.35 bits per heavy atom. The first kappa shape index (κ1) is 15.2. The summed E-state index contributed by atoms with van der Waals surface area (Å²) in [6.45, 7) is 3.69. The zero-order valence-electron chi connectivity index (χ0n) is 11.0. The van der Waals surface area contributed by atoms with Gasteiger partial charge in [-0.3, -0.25) is 4.72 Å². The van der Waals surface area contributed by atoms with Gasteiger partial charge in [-0.05, 0) is 42.7 Å². The molecule has 2 aromatic rings. The van der Waals surface area contributed by atoms with Crippen molar-refractivity contribution in [3.63, 3.8) is 0 Å².